The van der Waals surface area contributed by atoms with E-state index in [9.17, 15) is 0 Å². The van der Waals surface area contributed by atoms with E-state index in [0.29, 0.717) is 13.0 Å². The van der Waals surface area contributed by atoms with Crippen LogP contribution in [0.25, 0.3) is 0 Å². The Balaban J connectivity index is 2.50. The molecule has 1 N–H and O–H groups in total. The van der Waals surface area contributed by atoms with E-state index in [0.717, 1.165) is 5.82 Å². The largest absolute Gasteiger partial charge is 0.384 e. The quantitative estimate of drug-likeness (QED) is 0.668. The molecule has 4 nitrogen and oxygen atoms in total. The van der Waals surface area contributed by atoms with Gasteiger partial charge in [-0.1, -0.05) is 0 Å². The molecule has 0 amide bonds. The molecule has 0 saturated carbocycles. The van der Waals surface area contributed by atoms with Gasteiger partial charge in [-0.3, -0.25) is 0 Å². The molecule has 5 heteroatoms. The smallest absolute Gasteiger partial charge is 0.314 e. The molecule has 0 aliphatic rings. The van der Waals surface area contributed by atoms with Crippen molar-refractivity contribution in [1.29, 1.82) is 0 Å². The van der Waals surface area contributed by atoms with E-state index in [1.54, 1.807) is 7.11 Å². The summed E-state index contributed by atoms with van der Waals surface area (Å²) in [6, 6.07) is 0. The molecule has 0 aliphatic carbocycles. The van der Waals surface area contributed by atoms with Crippen molar-refractivity contribution in [3.05, 3.63) is 10.7 Å². The minimum absolute atomic E-state index is 0.242. The number of nitrogens with one attached hydrogen (secondary N) is 1. The van der Waals surface area contributed by atoms with Crippen molar-refractivity contribution in [3.8, 4) is 0 Å². The molecule has 1 aromatic rings. The van der Waals surface area contributed by atoms with Gasteiger partial charge in [0, 0.05) is 13.5 Å². The lowest BCUT2D eigenvalue weighted by Gasteiger charge is -1.90. The fourth-order valence-corrected chi connectivity index (χ4v) is 0.716. The third-order valence-electron chi connectivity index (χ3n) is 1.03. The molecule has 1 rings (SSSR count). The fourth-order valence-electron chi connectivity index (χ4n) is 0.564. The molecule has 0 aliphatic heterocycles. The molecule has 0 fully saturated rings. The summed E-state index contributed by atoms with van der Waals surface area (Å²) < 4.78 is 9.50. The van der Waals surface area contributed by atoms with Crippen LogP contribution in [0.1, 0.15) is 5.82 Å². The molecular formula is C5H8N2O2S. The van der Waals surface area contributed by atoms with E-state index in [2.05, 4.69) is 26.9 Å². The Labute approximate surface area is 63.2 Å². The van der Waals surface area contributed by atoms with Crippen molar-refractivity contribution in [2.45, 2.75) is 6.42 Å². The predicted octanol–water partition coefficient (Wildman–Crippen LogP) is 0.921. The number of ether oxygens (including phenoxy) is 1. The molecule has 0 bridgehead atoms. The Morgan fingerprint density at radius 3 is 3.10 bits per heavy atom. The number of hydrogen-bond donors (Lipinski definition) is 1. The van der Waals surface area contributed by atoms with Crippen molar-refractivity contribution in [1.82, 2.24) is 10.1 Å². The first-order valence-corrected chi connectivity index (χ1v) is 3.27. The highest BCUT2D eigenvalue weighted by molar-refractivity contribution is 7.71. The molecule has 0 radical (unpaired) electrons. The van der Waals surface area contributed by atoms with Crippen LogP contribution in [0.5, 0.6) is 0 Å². The van der Waals surface area contributed by atoms with Crippen LogP contribution in [-0.4, -0.2) is 23.9 Å². The van der Waals surface area contributed by atoms with Gasteiger partial charge in [0.1, 0.15) is 5.82 Å². The monoisotopic (exact) mass is 160 g/mol. The molecule has 0 atom stereocenters. The van der Waals surface area contributed by atoms with Crippen molar-refractivity contribution in [2.24, 2.45) is 0 Å². The molecule has 56 valence electrons. The zero-order valence-electron chi connectivity index (χ0n) is 5.59. The average Bonchev–Trinajstić information content (AvgIpc) is 2.31. The Hall–Kier alpha value is -0.680. The Bertz CT molecular complexity index is 242. The zero-order valence-corrected chi connectivity index (χ0v) is 6.40. The molecule has 0 saturated heterocycles. The molecule has 0 spiro atoms. The van der Waals surface area contributed by atoms with Gasteiger partial charge in [-0.15, -0.1) is 0 Å². The van der Waals surface area contributed by atoms with Crippen LogP contribution in [0, 0.1) is 4.84 Å². The number of rotatable bonds is 3. The maximum Gasteiger partial charge on any atom is 0.314 e. The van der Waals surface area contributed by atoms with Gasteiger partial charge in [0.25, 0.3) is 0 Å². The summed E-state index contributed by atoms with van der Waals surface area (Å²) >= 11 is 4.63. The van der Waals surface area contributed by atoms with Crippen LogP contribution in [0.15, 0.2) is 4.52 Å². The highest BCUT2D eigenvalue weighted by Crippen LogP contribution is 1.91. The number of nitrogens with zero attached hydrogens (tertiary/aromatic N) is 1. The normalized spacial score (nSPS) is 10.1. The maximum absolute atomic E-state index is 4.82. The van der Waals surface area contributed by atoms with Gasteiger partial charge in [0.05, 0.1) is 6.61 Å². The van der Waals surface area contributed by atoms with E-state index in [1.807, 2.05) is 0 Å². The van der Waals surface area contributed by atoms with E-state index in [-0.39, 0.29) is 4.84 Å². The number of H-pyrrole nitrogens is 1. The van der Waals surface area contributed by atoms with Gasteiger partial charge >= 0.3 is 4.84 Å². The lowest BCUT2D eigenvalue weighted by atomic mass is 10.4. The van der Waals surface area contributed by atoms with Crippen LogP contribution < -0.4 is 0 Å². The average molecular weight is 160 g/mol. The highest BCUT2D eigenvalue weighted by atomic mass is 32.1. The number of aromatic amines is 1. The van der Waals surface area contributed by atoms with Crippen molar-refractivity contribution >= 4 is 12.2 Å². The Kier molecular flexibility index (Phi) is 2.58. The summed E-state index contributed by atoms with van der Waals surface area (Å²) in [6.07, 6.45) is 0.705. The van der Waals surface area contributed by atoms with Gasteiger partial charge in [-0.05, 0) is 12.2 Å². The number of aromatic nitrogens is 2. The molecule has 0 unspecified atom stereocenters. The standard InChI is InChI=1S/C5H8N2O2S/c1-8-3-2-4-6-5(10)9-7-4/h2-3H2,1H3,(H,6,7,10). The van der Waals surface area contributed by atoms with Gasteiger partial charge < -0.3 is 9.26 Å². The van der Waals surface area contributed by atoms with E-state index in [1.165, 1.54) is 0 Å². The first kappa shape index (κ1) is 7.43. The summed E-state index contributed by atoms with van der Waals surface area (Å²) in [6.45, 7) is 0.623. The third kappa shape index (κ3) is 1.93. The van der Waals surface area contributed by atoms with Crippen LogP contribution in [-0.2, 0) is 11.2 Å². The van der Waals surface area contributed by atoms with Gasteiger partial charge in [0.15, 0.2) is 0 Å². The fraction of sp³-hybridized carbons (Fsp3) is 0.600. The second-order valence-corrected chi connectivity index (χ2v) is 2.12. The lowest BCUT2D eigenvalue weighted by Crippen LogP contribution is -1.95. The second-order valence-electron chi connectivity index (χ2n) is 1.77. The van der Waals surface area contributed by atoms with E-state index >= 15 is 0 Å². The molecule has 1 heterocycles. The number of hydrogen-bond acceptors (Lipinski definition) is 4. The molecule has 1 aromatic heterocycles. The highest BCUT2D eigenvalue weighted by Gasteiger charge is 1.95. The van der Waals surface area contributed by atoms with Gasteiger partial charge in [0.2, 0.25) is 0 Å². The zero-order chi connectivity index (χ0) is 7.40. The Morgan fingerprint density at radius 2 is 2.60 bits per heavy atom. The van der Waals surface area contributed by atoms with Crippen molar-refractivity contribution < 1.29 is 9.26 Å². The van der Waals surface area contributed by atoms with Crippen molar-refractivity contribution in [2.75, 3.05) is 13.7 Å². The molecule has 10 heavy (non-hydrogen) atoms. The maximum atomic E-state index is 4.82. The summed E-state index contributed by atoms with van der Waals surface area (Å²) in [5, 5.41) is 2.57. The lowest BCUT2D eigenvalue weighted by molar-refractivity contribution is 0.199. The second kappa shape index (κ2) is 3.48. The first-order valence-electron chi connectivity index (χ1n) is 2.86. The summed E-state index contributed by atoms with van der Waals surface area (Å²) in [4.78, 5) is 4.10. The predicted molar refractivity (Wildman–Crippen MR) is 37.3 cm³/mol. The number of methoxy groups -OCH3 is 1. The van der Waals surface area contributed by atoms with Crippen LogP contribution in [0.4, 0.5) is 0 Å². The van der Waals surface area contributed by atoms with Gasteiger partial charge in [-0.25, -0.2) is 5.16 Å². The van der Waals surface area contributed by atoms with E-state index < -0.39 is 0 Å². The molecular weight excluding hydrogens is 152 g/mol. The summed E-state index contributed by atoms with van der Waals surface area (Å²) in [7, 11) is 1.63. The topological polar surface area (TPSA) is 51.1 Å². The van der Waals surface area contributed by atoms with Gasteiger partial charge in [-0.2, -0.15) is 4.98 Å². The minimum atomic E-state index is 0.242. The third-order valence-corrected chi connectivity index (χ3v) is 1.20. The SMILES string of the molecule is COCCc1nc(=S)o[nH]1. The van der Waals surface area contributed by atoms with Crippen LogP contribution in [0.2, 0.25) is 0 Å². The van der Waals surface area contributed by atoms with E-state index in [4.69, 9.17) is 4.74 Å². The minimum Gasteiger partial charge on any atom is -0.384 e. The summed E-state index contributed by atoms with van der Waals surface area (Å²) in [5.41, 5.74) is 0. The summed E-state index contributed by atoms with van der Waals surface area (Å²) in [5.74, 6) is 0.729. The first-order chi connectivity index (χ1) is 4.83. The van der Waals surface area contributed by atoms with Crippen molar-refractivity contribution in [3.63, 3.8) is 0 Å². The van der Waals surface area contributed by atoms with Crippen LogP contribution >= 0.6 is 12.2 Å². The molecule has 0 aromatic carbocycles. The van der Waals surface area contributed by atoms with Crippen LogP contribution in [0.3, 0.4) is 0 Å². The Morgan fingerprint density at radius 1 is 1.80 bits per heavy atom.